The Morgan fingerprint density at radius 1 is 0.769 bits per heavy atom. The van der Waals surface area contributed by atoms with Gasteiger partial charge in [0.25, 0.3) is 0 Å². The van der Waals surface area contributed by atoms with Gasteiger partial charge < -0.3 is 0 Å². The van der Waals surface area contributed by atoms with Crippen LogP contribution in [0.2, 0.25) is 0 Å². The molecule has 0 aromatic heterocycles. The Morgan fingerprint density at radius 2 is 1.38 bits per heavy atom. The third kappa shape index (κ3) is 1.59. The van der Waals surface area contributed by atoms with Gasteiger partial charge in [-0.05, 0) is 11.6 Å². The van der Waals surface area contributed by atoms with Gasteiger partial charge in [-0.15, -0.1) is 0 Å². The van der Waals surface area contributed by atoms with Crippen LogP contribution >= 0.6 is 0 Å². The van der Waals surface area contributed by atoms with E-state index in [2.05, 4.69) is 0 Å². The molecular formula is C12H11F. The standard InChI is InChI=1S/C12H9F.H2/c13-12-9-5-4-8-11(12)10-6-2-1-3-7-10;/h1-9H;1H. The lowest BCUT2D eigenvalue weighted by molar-refractivity contribution is 0.631. The highest BCUT2D eigenvalue weighted by molar-refractivity contribution is 5.63. The van der Waals surface area contributed by atoms with Crippen molar-refractivity contribution in [2.45, 2.75) is 0 Å². The summed E-state index contributed by atoms with van der Waals surface area (Å²) >= 11 is 0. The first kappa shape index (κ1) is 7.99. The minimum absolute atomic E-state index is 0. The molecule has 2 rings (SSSR count). The SMILES string of the molecule is Fc1ccccc1-c1ccccc1.[HH]. The predicted octanol–water partition coefficient (Wildman–Crippen LogP) is 3.74. The van der Waals surface area contributed by atoms with Crippen LogP contribution < -0.4 is 0 Å². The second-order valence-corrected chi connectivity index (χ2v) is 2.85. The smallest absolute Gasteiger partial charge is 0.131 e. The van der Waals surface area contributed by atoms with E-state index in [-0.39, 0.29) is 7.24 Å². The van der Waals surface area contributed by atoms with E-state index in [1.54, 1.807) is 12.1 Å². The van der Waals surface area contributed by atoms with Gasteiger partial charge in [-0.25, -0.2) is 4.39 Å². The maximum atomic E-state index is 13.3. The van der Waals surface area contributed by atoms with Crippen LogP contribution in [0.4, 0.5) is 4.39 Å². The average molecular weight is 174 g/mol. The van der Waals surface area contributed by atoms with Crippen molar-refractivity contribution in [2.75, 3.05) is 0 Å². The van der Waals surface area contributed by atoms with Gasteiger partial charge in [0.15, 0.2) is 0 Å². The summed E-state index contributed by atoms with van der Waals surface area (Å²) in [6.07, 6.45) is 0. The quantitative estimate of drug-likeness (QED) is 0.617. The molecule has 0 saturated heterocycles. The molecule has 0 aliphatic carbocycles. The van der Waals surface area contributed by atoms with E-state index in [0.717, 1.165) is 5.56 Å². The molecule has 0 atom stereocenters. The van der Waals surface area contributed by atoms with Crippen LogP contribution in [0.1, 0.15) is 1.43 Å². The largest absolute Gasteiger partial charge is 0.206 e. The molecule has 2 aromatic carbocycles. The Labute approximate surface area is 78.1 Å². The van der Waals surface area contributed by atoms with Gasteiger partial charge in [-0.2, -0.15) is 0 Å². The van der Waals surface area contributed by atoms with E-state index in [4.69, 9.17) is 0 Å². The van der Waals surface area contributed by atoms with Crippen LogP contribution in [0.5, 0.6) is 0 Å². The van der Waals surface area contributed by atoms with Crippen molar-refractivity contribution < 1.29 is 5.82 Å². The van der Waals surface area contributed by atoms with Gasteiger partial charge in [0, 0.05) is 6.99 Å². The van der Waals surface area contributed by atoms with Gasteiger partial charge in [0.1, 0.15) is 5.82 Å². The Bertz CT molecular complexity index is 398. The van der Waals surface area contributed by atoms with Gasteiger partial charge in [-0.1, -0.05) is 48.5 Å². The summed E-state index contributed by atoms with van der Waals surface area (Å²) in [4.78, 5) is 0. The molecule has 0 N–H and O–H groups in total. The summed E-state index contributed by atoms with van der Waals surface area (Å²) in [5.41, 5.74) is 1.57. The molecule has 0 aliphatic rings. The Morgan fingerprint density at radius 3 is 2.08 bits per heavy atom. The molecular weight excluding hydrogens is 163 g/mol. The van der Waals surface area contributed by atoms with Crippen LogP contribution in [-0.4, -0.2) is 0 Å². The van der Waals surface area contributed by atoms with E-state index in [0.29, 0.717) is 5.56 Å². The van der Waals surface area contributed by atoms with Crippen molar-refractivity contribution in [1.29, 1.82) is 0 Å². The lowest BCUT2D eigenvalue weighted by Gasteiger charge is -2.01. The molecule has 13 heavy (non-hydrogen) atoms. The van der Waals surface area contributed by atoms with Gasteiger partial charge >= 0.3 is 0 Å². The summed E-state index contributed by atoms with van der Waals surface area (Å²) in [6, 6.07) is 16.3. The fraction of sp³-hybridized carbons (Fsp3) is 0. The molecule has 0 aliphatic heterocycles. The van der Waals surface area contributed by atoms with E-state index in [1.807, 2.05) is 36.4 Å². The van der Waals surface area contributed by atoms with Crippen molar-refractivity contribution in [2.24, 2.45) is 0 Å². The van der Waals surface area contributed by atoms with Crippen LogP contribution in [0, 0.1) is 5.82 Å². The Hall–Kier alpha value is -1.63. The van der Waals surface area contributed by atoms with E-state index < -0.39 is 0 Å². The minimum Gasteiger partial charge on any atom is -0.206 e. The summed E-state index contributed by atoms with van der Waals surface area (Å²) in [6.45, 7) is 0. The van der Waals surface area contributed by atoms with Crippen LogP contribution in [-0.2, 0) is 0 Å². The normalized spacial score (nSPS) is 9.92. The van der Waals surface area contributed by atoms with Gasteiger partial charge in [0.2, 0.25) is 0 Å². The summed E-state index contributed by atoms with van der Waals surface area (Å²) in [7, 11) is 0. The first-order valence-corrected chi connectivity index (χ1v) is 4.18. The molecule has 2 aromatic rings. The van der Waals surface area contributed by atoms with Crippen molar-refractivity contribution in [3.8, 4) is 11.1 Å². The maximum absolute atomic E-state index is 13.3. The fourth-order valence-corrected chi connectivity index (χ4v) is 1.31. The number of hydrogen-bond acceptors (Lipinski definition) is 0. The number of rotatable bonds is 1. The number of benzene rings is 2. The monoisotopic (exact) mass is 174 g/mol. The molecule has 0 spiro atoms. The number of hydrogen-bond donors (Lipinski definition) is 0. The van der Waals surface area contributed by atoms with E-state index in [9.17, 15) is 4.39 Å². The predicted molar refractivity (Wildman–Crippen MR) is 54.0 cm³/mol. The van der Waals surface area contributed by atoms with Crippen molar-refractivity contribution in [3.05, 3.63) is 60.4 Å². The van der Waals surface area contributed by atoms with Crippen molar-refractivity contribution >= 4 is 0 Å². The zero-order valence-electron chi connectivity index (χ0n) is 7.07. The van der Waals surface area contributed by atoms with Crippen LogP contribution in [0.25, 0.3) is 11.1 Å². The molecule has 1 heteroatoms. The molecule has 0 bridgehead atoms. The zero-order valence-corrected chi connectivity index (χ0v) is 7.07. The highest BCUT2D eigenvalue weighted by atomic mass is 19.1. The second kappa shape index (κ2) is 3.40. The molecule has 66 valence electrons. The van der Waals surface area contributed by atoms with E-state index in [1.165, 1.54) is 6.07 Å². The first-order valence-electron chi connectivity index (χ1n) is 4.18. The van der Waals surface area contributed by atoms with Gasteiger partial charge in [-0.3, -0.25) is 0 Å². The molecule has 0 fully saturated rings. The molecule has 0 nitrogen and oxygen atoms in total. The highest BCUT2D eigenvalue weighted by Gasteiger charge is 2.01. The molecule has 0 amide bonds. The summed E-state index contributed by atoms with van der Waals surface area (Å²) in [5, 5.41) is 0. The van der Waals surface area contributed by atoms with Crippen molar-refractivity contribution in [1.82, 2.24) is 0 Å². The summed E-state index contributed by atoms with van der Waals surface area (Å²) < 4.78 is 13.3. The zero-order chi connectivity index (χ0) is 9.10. The minimum atomic E-state index is -0.172. The Kier molecular flexibility index (Phi) is 2.09. The van der Waals surface area contributed by atoms with E-state index >= 15 is 0 Å². The lowest BCUT2D eigenvalue weighted by Crippen LogP contribution is -1.81. The van der Waals surface area contributed by atoms with Gasteiger partial charge in [0.05, 0.1) is 0 Å². The first-order chi connectivity index (χ1) is 6.38. The average Bonchev–Trinajstić information content (AvgIpc) is 2.20. The third-order valence-corrected chi connectivity index (χ3v) is 1.96. The van der Waals surface area contributed by atoms with Crippen LogP contribution in [0.15, 0.2) is 54.6 Å². The topological polar surface area (TPSA) is 0 Å². The second-order valence-electron chi connectivity index (χ2n) is 2.85. The van der Waals surface area contributed by atoms with Crippen molar-refractivity contribution in [3.63, 3.8) is 0 Å². The fourth-order valence-electron chi connectivity index (χ4n) is 1.31. The maximum Gasteiger partial charge on any atom is 0.131 e. The highest BCUT2D eigenvalue weighted by Crippen LogP contribution is 2.21. The Balaban J connectivity index is 0.000000980. The molecule has 0 heterocycles. The molecule has 0 unspecified atom stereocenters. The van der Waals surface area contributed by atoms with Crippen LogP contribution in [0.3, 0.4) is 0 Å². The third-order valence-electron chi connectivity index (χ3n) is 1.96. The molecule has 0 radical (unpaired) electrons. The number of halogens is 1. The lowest BCUT2D eigenvalue weighted by atomic mass is 10.1. The summed E-state index contributed by atoms with van der Waals surface area (Å²) in [5.74, 6) is -0.172. The molecule has 0 saturated carbocycles.